The third kappa shape index (κ3) is 3.65. The lowest BCUT2D eigenvalue weighted by Gasteiger charge is -2.52. The maximum atomic E-state index is 14.1. The van der Waals surface area contributed by atoms with E-state index < -0.39 is 65.5 Å². The minimum atomic E-state index is -1.42. The Morgan fingerprint density at radius 2 is 1.66 bits per heavy atom. The topological polar surface area (TPSA) is 151 Å². The van der Waals surface area contributed by atoms with Crippen LogP contribution in [0.15, 0.2) is 45.7 Å². The van der Waals surface area contributed by atoms with E-state index >= 15 is 0 Å². The summed E-state index contributed by atoms with van der Waals surface area (Å²) >= 11 is 0. The predicted octanol–water partition coefficient (Wildman–Crippen LogP) is 2.36. The number of fused-ring (bicyclic) bond motifs is 6. The molecule has 11 nitrogen and oxygen atoms in total. The number of aromatic hydroxyl groups is 2. The molecule has 1 saturated heterocycles. The standard InChI is InChI=1S/C30H30N2O9/c1-8-11(2)30(39)41-10-17-18-15(23(33)12(3)13(4)24(18)34)9-16-21-19-20(25(35)14(5)28(40-7)27(19)37)26(36)22(31(21)6)29(38)32(16)17/h8-9,17,21-22,35,37H,10H2,1-7H3/t17-,21-,22-/m0/s1. The summed E-state index contributed by atoms with van der Waals surface area (Å²) in [6.45, 7) is 7.27. The summed E-state index contributed by atoms with van der Waals surface area (Å²) in [5.41, 5.74) is 0.866. The Hall–Kier alpha value is -4.51. The number of methoxy groups -OCH3 is 1. The minimum Gasteiger partial charge on any atom is -0.507 e. The number of allylic oxidation sites excluding steroid dienone is 5. The Morgan fingerprint density at radius 3 is 2.27 bits per heavy atom. The molecule has 1 aromatic carbocycles. The van der Waals surface area contributed by atoms with E-state index in [9.17, 15) is 34.2 Å². The number of piperazine rings is 1. The molecule has 214 valence electrons. The highest BCUT2D eigenvalue weighted by Crippen LogP contribution is 2.55. The van der Waals surface area contributed by atoms with Crippen molar-refractivity contribution in [2.24, 2.45) is 0 Å². The van der Waals surface area contributed by atoms with Crippen LogP contribution in [0.1, 0.15) is 55.2 Å². The van der Waals surface area contributed by atoms with E-state index in [2.05, 4.69) is 0 Å². The quantitative estimate of drug-likeness (QED) is 0.184. The lowest BCUT2D eigenvalue weighted by Crippen LogP contribution is -2.65. The van der Waals surface area contributed by atoms with Gasteiger partial charge in [0.2, 0.25) is 0 Å². The maximum Gasteiger partial charge on any atom is 0.333 e. The normalized spacial score (nSPS) is 24.3. The van der Waals surface area contributed by atoms with E-state index in [0.717, 1.165) is 0 Å². The number of ether oxygens (including phenoxy) is 2. The second-order valence-corrected chi connectivity index (χ2v) is 10.6. The van der Waals surface area contributed by atoms with Gasteiger partial charge in [-0.05, 0) is 47.7 Å². The average molecular weight is 563 g/mol. The van der Waals surface area contributed by atoms with Crippen molar-refractivity contribution in [3.05, 3.63) is 62.4 Å². The van der Waals surface area contributed by atoms with Crippen molar-refractivity contribution in [1.29, 1.82) is 0 Å². The SMILES string of the molecule is CC=C(C)C(=O)OC[C@H]1C2=C(C=C3[C@H]4c5c(O)c(OC)c(C)c(O)c5C(=O)[C@@H](C(=O)N31)N4C)C(=O)C(C)=C(C)C2=O. The largest absolute Gasteiger partial charge is 0.507 e. The molecular formula is C30H30N2O9. The van der Waals surface area contributed by atoms with Crippen LogP contribution in [0.3, 0.4) is 0 Å². The average Bonchev–Trinajstić information content (AvgIpc) is 2.94. The number of phenolic OH excluding ortho intramolecular Hbond substituents is 2. The fourth-order valence-corrected chi connectivity index (χ4v) is 6.08. The molecule has 0 unspecified atom stereocenters. The highest BCUT2D eigenvalue weighted by Gasteiger charge is 2.57. The molecule has 0 saturated carbocycles. The molecule has 1 aromatic rings. The Kier molecular flexibility index (Phi) is 6.53. The van der Waals surface area contributed by atoms with Gasteiger partial charge in [-0.2, -0.15) is 0 Å². The van der Waals surface area contributed by atoms with Gasteiger partial charge >= 0.3 is 5.97 Å². The molecule has 41 heavy (non-hydrogen) atoms. The van der Waals surface area contributed by atoms with Crippen molar-refractivity contribution in [2.75, 3.05) is 20.8 Å². The number of rotatable bonds is 4. The van der Waals surface area contributed by atoms with Gasteiger partial charge in [0.15, 0.2) is 34.9 Å². The second-order valence-electron chi connectivity index (χ2n) is 10.6. The summed E-state index contributed by atoms with van der Waals surface area (Å²) in [7, 11) is 2.83. The van der Waals surface area contributed by atoms with Crippen LogP contribution in [-0.2, 0) is 23.9 Å². The van der Waals surface area contributed by atoms with Crippen LogP contribution in [0, 0.1) is 6.92 Å². The number of Topliss-reactive ketones (excluding diaryl/α,β-unsaturated/α-hetero) is 3. The van der Waals surface area contributed by atoms with Gasteiger partial charge in [0.1, 0.15) is 18.4 Å². The van der Waals surface area contributed by atoms with Crippen molar-refractivity contribution in [1.82, 2.24) is 9.80 Å². The van der Waals surface area contributed by atoms with Crippen molar-refractivity contribution in [3.8, 4) is 17.2 Å². The first-order chi connectivity index (χ1) is 19.3. The van der Waals surface area contributed by atoms with Crippen molar-refractivity contribution < 1.29 is 43.7 Å². The third-order valence-corrected chi connectivity index (χ3v) is 8.58. The number of hydrogen-bond donors (Lipinski definition) is 2. The number of carbonyl (C=O) groups is 5. The smallest absolute Gasteiger partial charge is 0.333 e. The van der Waals surface area contributed by atoms with Gasteiger partial charge < -0.3 is 24.6 Å². The second kappa shape index (κ2) is 9.55. The summed E-state index contributed by atoms with van der Waals surface area (Å²) in [6.07, 6.45) is 2.97. The molecule has 0 radical (unpaired) electrons. The number of phenols is 2. The van der Waals surface area contributed by atoms with Crippen LogP contribution in [0.2, 0.25) is 0 Å². The van der Waals surface area contributed by atoms with E-state index in [0.29, 0.717) is 5.57 Å². The molecule has 1 amide bonds. The Balaban J connectivity index is 1.79. The first-order valence-electron chi connectivity index (χ1n) is 13.0. The first kappa shape index (κ1) is 28.0. The van der Waals surface area contributed by atoms with Gasteiger partial charge in [-0.1, -0.05) is 6.08 Å². The van der Waals surface area contributed by atoms with Gasteiger partial charge in [0, 0.05) is 44.7 Å². The summed E-state index contributed by atoms with van der Waals surface area (Å²) in [5, 5.41) is 22.3. The van der Waals surface area contributed by atoms with Crippen molar-refractivity contribution >= 4 is 29.2 Å². The van der Waals surface area contributed by atoms with E-state index in [4.69, 9.17) is 9.47 Å². The molecule has 1 aliphatic carbocycles. The van der Waals surface area contributed by atoms with E-state index in [1.165, 1.54) is 50.8 Å². The fraction of sp³-hybridized carbons (Fsp3) is 0.367. The number of likely N-dealkylation sites (N-methyl/N-ethyl adjacent to an activating group) is 1. The predicted molar refractivity (Wildman–Crippen MR) is 144 cm³/mol. The first-order valence-corrected chi connectivity index (χ1v) is 13.0. The molecule has 3 aliphatic heterocycles. The van der Waals surface area contributed by atoms with Crippen molar-refractivity contribution in [3.63, 3.8) is 0 Å². The van der Waals surface area contributed by atoms with E-state index in [1.54, 1.807) is 19.9 Å². The molecule has 5 rings (SSSR count). The Bertz CT molecular complexity index is 1620. The molecule has 0 aromatic heterocycles. The number of ketones is 3. The third-order valence-electron chi connectivity index (χ3n) is 8.58. The van der Waals surface area contributed by atoms with Crippen LogP contribution in [0.25, 0.3) is 0 Å². The molecule has 3 atom stereocenters. The zero-order chi connectivity index (χ0) is 30.2. The van der Waals surface area contributed by atoms with Gasteiger partial charge in [0.25, 0.3) is 5.91 Å². The van der Waals surface area contributed by atoms with Gasteiger partial charge in [-0.25, -0.2) is 4.79 Å². The zero-order valence-electron chi connectivity index (χ0n) is 23.7. The fourth-order valence-electron chi connectivity index (χ4n) is 6.08. The van der Waals surface area contributed by atoms with Gasteiger partial charge in [-0.3, -0.25) is 24.1 Å². The Labute approximate surface area is 236 Å². The molecule has 2 N–H and O–H groups in total. The van der Waals surface area contributed by atoms with Crippen LogP contribution in [-0.4, -0.2) is 82.1 Å². The molecular weight excluding hydrogens is 532 g/mol. The Morgan fingerprint density at radius 1 is 1.02 bits per heavy atom. The van der Waals surface area contributed by atoms with Crippen LogP contribution in [0.5, 0.6) is 17.2 Å². The molecule has 3 heterocycles. The molecule has 1 fully saturated rings. The van der Waals surface area contributed by atoms with Crippen LogP contribution >= 0.6 is 0 Å². The van der Waals surface area contributed by atoms with E-state index in [1.807, 2.05) is 0 Å². The number of benzene rings is 1. The minimum absolute atomic E-state index is 0.0000325. The lowest BCUT2D eigenvalue weighted by atomic mass is 9.74. The summed E-state index contributed by atoms with van der Waals surface area (Å²) in [4.78, 5) is 70.3. The van der Waals surface area contributed by atoms with Crippen LogP contribution in [0.4, 0.5) is 0 Å². The van der Waals surface area contributed by atoms with E-state index in [-0.39, 0.29) is 50.4 Å². The number of carbonyl (C=O) groups excluding carboxylic acids is 5. The summed E-state index contributed by atoms with van der Waals surface area (Å²) in [6, 6.07) is -3.65. The summed E-state index contributed by atoms with van der Waals surface area (Å²) in [5.74, 6) is -3.93. The maximum absolute atomic E-state index is 14.1. The highest BCUT2D eigenvalue weighted by atomic mass is 16.5. The van der Waals surface area contributed by atoms with Gasteiger partial charge in [0.05, 0.1) is 18.7 Å². The zero-order valence-corrected chi connectivity index (χ0v) is 23.7. The number of hydrogen-bond acceptors (Lipinski definition) is 10. The monoisotopic (exact) mass is 562 g/mol. The number of nitrogens with zero attached hydrogens (tertiary/aromatic N) is 2. The van der Waals surface area contributed by atoms with Gasteiger partial charge in [-0.15, -0.1) is 0 Å². The number of esters is 1. The van der Waals surface area contributed by atoms with Crippen LogP contribution < -0.4 is 4.74 Å². The highest BCUT2D eigenvalue weighted by molar-refractivity contribution is 6.27. The van der Waals surface area contributed by atoms with Crippen molar-refractivity contribution in [2.45, 2.75) is 52.7 Å². The molecule has 0 spiro atoms. The summed E-state index contributed by atoms with van der Waals surface area (Å²) < 4.78 is 10.8. The molecule has 4 aliphatic rings. The molecule has 2 bridgehead atoms. The number of amides is 1. The molecule has 11 heteroatoms. The lowest BCUT2D eigenvalue weighted by molar-refractivity contribution is -0.147.